The lowest BCUT2D eigenvalue weighted by Crippen LogP contribution is -2.63. The van der Waals surface area contributed by atoms with Gasteiger partial charge in [-0.1, -0.05) is 19.8 Å². The summed E-state index contributed by atoms with van der Waals surface area (Å²) in [6.45, 7) is 4.49. The van der Waals surface area contributed by atoms with Gasteiger partial charge in [-0.25, -0.2) is 0 Å². The maximum Gasteiger partial charge on any atom is 0.135 e. The van der Waals surface area contributed by atoms with Gasteiger partial charge < -0.3 is 15.0 Å². The highest BCUT2D eigenvalue weighted by Gasteiger charge is 2.40. The van der Waals surface area contributed by atoms with Crippen molar-refractivity contribution in [1.82, 2.24) is 5.32 Å². The minimum absolute atomic E-state index is 0.339. The van der Waals surface area contributed by atoms with E-state index in [1.54, 1.807) is 7.11 Å². The number of halogens is 1. The molecule has 1 aliphatic carbocycles. The maximum atomic E-state index is 5.47. The summed E-state index contributed by atoms with van der Waals surface area (Å²) in [5, 5.41) is 3.85. The number of ether oxygens (including phenoxy) is 1. The Balaban J connectivity index is 1.89. The molecule has 0 amide bonds. The normalized spacial score (nSPS) is 24.5. The Kier molecular flexibility index (Phi) is 4.46. The van der Waals surface area contributed by atoms with Crippen LogP contribution < -0.4 is 15.0 Å². The van der Waals surface area contributed by atoms with Gasteiger partial charge in [0, 0.05) is 36.4 Å². The molecule has 2 aliphatic rings. The molecule has 0 aromatic heterocycles. The molecule has 1 aromatic rings. The summed E-state index contributed by atoms with van der Waals surface area (Å²) >= 11 is 3.55. The van der Waals surface area contributed by atoms with Crippen molar-refractivity contribution in [1.29, 1.82) is 0 Å². The first-order valence-corrected chi connectivity index (χ1v) is 8.82. The van der Waals surface area contributed by atoms with Crippen LogP contribution in [0.4, 0.5) is 5.69 Å². The summed E-state index contributed by atoms with van der Waals surface area (Å²) in [4.78, 5) is 2.59. The zero-order valence-electron chi connectivity index (χ0n) is 13.0. The van der Waals surface area contributed by atoms with Crippen LogP contribution in [0.5, 0.6) is 5.75 Å². The average Bonchev–Trinajstić information content (AvgIpc) is 2.96. The monoisotopic (exact) mass is 352 g/mol. The van der Waals surface area contributed by atoms with Gasteiger partial charge in [0.15, 0.2) is 0 Å². The standard InChI is InChI=1S/C17H25BrN2O/c1-3-13-11-19-17(8-4-5-9-17)12-20(13)14-6-7-15(18)16(10-14)21-2/h6-7,10,13,19H,3-5,8-9,11-12H2,1-2H3. The molecule has 4 heteroatoms. The van der Waals surface area contributed by atoms with Gasteiger partial charge in [0.1, 0.15) is 5.75 Å². The van der Waals surface area contributed by atoms with E-state index < -0.39 is 0 Å². The van der Waals surface area contributed by atoms with Crippen LogP contribution in [0.25, 0.3) is 0 Å². The van der Waals surface area contributed by atoms with E-state index in [9.17, 15) is 0 Å². The number of anilines is 1. The van der Waals surface area contributed by atoms with Crippen LogP contribution in [0.1, 0.15) is 39.0 Å². The minimum atomic E-state index is 0.339. The van der Waals surface area contributed by atoms with Gasteiger partial charge in [-0.3, -0.25) is 0 Å². The van der Waals surface area contributed by atoms with Crippen molar-refractivity contribution in [2.24, 2.45) is 0 Å². The molecule has 0 bridgehead atoms. The summed E-state index contributed by atoms with van der Waals surface area (Å²) in [6, 6.07) is 7.05. The van der Waals surface area contributed by atoms with E-state index in [2.05, 4.69) is 51.3 Å². The molecule has 116 valence electrons. The van der Waals surface area contributed by atoms with Gasteiger partial charge in [-0.05, 0) is 47.3 Å². The van der Waals surface area contributed by atoms with Crippen LogP contribution in [-0.4, -0.2) is 31.8 Å². The highest BCUT2D eigenvalue weighted by molar-refractivity contribution is 9.10. The van der Waals surface area contributed by atoms with Crippen LogP contribution in [0.3, 0.4) is 0 Å². The zero-order valence-corrected chi connectivity index (χ0v) is 14.6. The Morgan fingerprint density at radius 2 is 2.14 bits per heavy atom. The Morgan fingerprint density at radius 3 is 2.81 bits per heavy atom. The van der Waals surface area contributed by atoms with Crippen molar-refractivity contribution in [2.45, 2.75) is 50.6 Å². The molecule has 1 saturated carbocycles. The van der Waals surface area contributed by atoms with Crippen molar-refractivity contribution in [3.05, 3.63) is 22.7 Å². The Labute approximate surface area is 136 Å². The molecule has 2 fully saturated rings. The summed E-state index contributed by atoms with van der Waals surface area (Å²) in [6.07, 6.45) is 6.52. The second-order valence-electron chi connectivity index (χ2n) is 6.38. The summed E-state index contributed by atoms with van der Waals surface area (Å²) < 4.78 is 6.49. The van der Waals surface area contributed by atoms with Crippen LogP contribution in [0.2, 0.25) is 0 Å². The van der Waals surface area contributed by atoms with E-state index in [1.165, 1.54) is 37.8 Å². The lowest BCUT2D eigenvalue weighted by Gasteiger charge is -2.47. The van der Waals surface area contributed by atoms with Gasteiger partial charge in [-0.2, -0.15) is 0 Å². The topological polar surface area (TPSA) is 24.5 Å². The van der Waals surface area contributed by atoms with Gasteiger partial charge in [0.05, 0.1) is 11.6 Å². The Hall–Kier alpha value is -0.740. The van der Waals surface area contributed by atoms with Crippen molar-refractivity contribution >= 4 is 21.6 Å². The lowest BCUT2D eigenvalue weighted by molar-refractivity contribution is 0.267. The molecule has 1 unspecified atom stereocenters. The SMILES string of the molecule is CCC1CNC2(CCCC2)CN1c1ccc(Br)c(OC)c1. The molecule has 21 heavy (non-hydrogen) atoms. The molecule has 1 heterocycles. The van der Waals surface area contributed by atoms with E-state index in [4.69, 9.17) is 4.74 Å². The highest BCUT2D eigenvalue weighted by Crippen LogP contribution is 2.37. The summed E-state index contributed by atoms with van der Waals surface area (Å²) in [5.41, 5.74) is 1.63. The van der Waals surface area contributed by atoms with Gasteiger partial charge >= 0.3 is 0 Å². The zero-order chi connectivity index (χ0) is 14.9. The molecule has 1 spiro atoms. The van der Waals surface area contributed by atoms with Crippen molar-refractivity contribution in [3.8, 4) is 5.75 Å². The molecule has 1 N–H and O–H groups in total. The highest BCUT2D eigenvalue weighted by atomic mass is 79.9. The molecular formula is C17H25BrN2O. The maximum absolute atomic E-state index is 5.47. The molecule has 0 radical (unpaired) electrons. The Morgan fingerprint density at radius 1 is 1.38 bits per heavy atom. The number of hydrogen-bond acceptors (Lipinski definition) is 3. The molecule has 3 rings (SSSR count). The second kappa shape index (κ2) is 6.17. The van der Waals surface area contributed by atoms with E-state index in [1.807, 2.05) is 0 Å². The molecule has 3 nitrogen and oxygen atoms in total. The fourth-order valence-corrected chi connectivity index (χ4v) is 4.24. The average molecular weight is 353 g/mol. The van der Waals surface area contributed by atoms with E-state index in [0.29, 0.717) is 11.6 Å². The number of methoxy groups -OCH3 is 1. The first-order valence-electron chi connectivity index (χ1n) is 8.03. The van der Waals surface area contributed by atoms with Crippen LogP contribution in [-0.2, 0) is 0 Å². The minimum Gasteiger partial charge on any atom is -0.495 e. The number of nitrogens with one attached hydrogen (secondary N) is 1. The largest absolute Gasteiger partial charge is 0.495 e. The smallest absolute Gasteiger partial charge is 0.135 e. The van der Waals surface area contributed by atoms with Crippen LogP contribution in [0.15, 0.2) is 22.7 Å². The second-order valence-corrected chi connectivity index (χ2v) is 7.23. The van der Waals surface area contributed by atoms with Crippen molar-refractivity contribution in [3.63, 3.8) is 0 Å². The third kappa shape index (κ3) is 2.93. The first kappa shape index (κ1) is 15.2. The number of rotatable bonds is 3. The van der Waals surface area contributed by atoms with E-state index in [0.717, 1.165) is 23.3 Å². The van der Waals surface area contributed by atoms with Crippen molar-refractivity contribution < 1.29 is 4.74 Å². The molecule has 1 saturated heterocycles. The summed E-state index contributed by atoms with van der Waals surface area (Å²) in [5.74, 6) is 0.918. The van der Waals surface area contributed by atoms with Gasteiger partial charge in [0.2, 0.25) is 0 Å². The predicted molar refractivity (Wildman–Crippen MR) is 91.3 cm³/mol. The number of piperazine rings is 1. The summed E-state index contributed by atoms with van der Waals surface area (Å²) in [7, 11) is 1.73. The van der Waals surface area contributed by atoms with Crippen LogP contribution >= 0.6 is 15.9 Å². The third-order valence-corrected chi connectivity index (χ3v) is 5.78. The lowest BCUT2D eigenvalue weighted by atomic mass is 9.91. The predicted octanol–water partition coefficient (Wildman–Crippen LogP) is 3.96. The number of benzene rings is 1. The quantitative estimate of drug-likeness (QED) is 0.890. The molecule has 1 atom stereocenters. The van der Waals surface area contributed by atoms with E-state index >= 15 is 0 Å². The molecule has 1 aromatic carbocycles. The fourth-order valence-electron chi connectivity index (χ4n) is 3.84. The van der Waals surface area contributed by atoms with Gasteiger partial charge in [0.25, 0.3) is 0 Å². The van der Waals surface area contributed by atoms with Crippen LogP contribution in [0, 0.1) is 0 Å². The fraction of sp³-hybridized carbons (Fsp3) is 0.647. The first-order chi connectivity index (χ1) is 10.2. The molecule has 1 aliphatic heterocycles. The third-order valence-electron chi connectivity index (χ3n) is 5.12. The molecular weight excluding hydrogens is 328 g/mol. The Bertz CT molecular complexity index is 500. The number of hydrogen-bond donors (Lipinski definition) is 1. The van der Waals surface area contributed by atoms with Crippen molar-refractivity contribution in [2.75, 3.05) is 25.1 Å². The van der Waals surface area contributed by atoms with E-state index in [-0.39, 0.29) is 0 Å². The number of nitrogens with zero attached hydrogens (tertiary/aromatic N) is 1. The van der Waals surface area contributed by atoms with Gasteiger partial charge in [-0.15, -0.1) is 0 Å².